The van der Waals surface area contributed by atoms with Crippen molar-refractivity contribution in [1.82, 2.24) is 14.3 Å². The Labute approximate surface area is 163 Å². The smallest absolute Gasteiger partial charge is 0.274 e. The normalized spacial score (nSPS) is 21.6. The van der Waals surface area contributed by atoms with Crippen LogP contribution in [0.3, 0.4) is 0 Å². The molecule has 4 heterocycles. The van der Waals surface area contributed by atoms with E-state index in [2.05, 4.69) is 4.98 Å². The maximum absolute atomic E-state index is 13.4. The van der Waals surface area contributed by atoms with Gasteiger partial charge in [0.2, 0.25) is 5.91 Å². The van der Waals surface area contributed by atoms with Gasteiger partial charge in [0, 0.05) is 32.0 Å². The molecule has 0 N–H and O–H groups in total. The molecule has 142 valence electrons. The van der Waals surface area contributed by atoms with Gasteiger partial charge >= 0.3 is 0 Å². The number of benzene rings is 1. The number of carbonyl (C=O) groups excluding carboxylic acids is 2. The summed E-state index contributed by atoms with van der Waals surface area (Å²) in [5.41, 5.74) is 3.40. The number of rotatable bonds is 1. The number of aryl methyl sites for hydroxylation is 1. The molecule has 5 rings (SSSR count). The summed E-state index contributed by atoms with van der Waals surface area (Å²) in [5.74, 6) is -0.0157. The standard InChI is InChI=1S/C22H22N4O2/c1-15-19(23-18-10-5-6-13-26(15)18)20(27)25-12-7-11-22(14-25)16-8-3-4-9-17(16)24(2)21(22)28/h3-6,8-10,13H,7,11-12,14H2,1-2H3. The van der Waals surface area contributed by atoms with Crippen LogP contribution in [0.5, 0.6) is 0 Å². The first-order chi connectivity index (χ1) is 13.5. The van der Waals surface area contributed by atoms with E-state index in [9.17, 15) is 9.59 Å². The highest BCUT2D eigenvalue weighted by atomic mass is 16.2. The molecular weight excluding hydrogens is 352 g/mol. The summed E-state index contributed by atoms with van der Waals surface area (Å²) in [7, 11) is 1.82. The minimum atomic E-state index is -0.647. The summed E-state index contributed by atoms with van der Waals surface area (Å²) in [6.45, 7) is 2.96. The Balaban J connectivity index is 1.53. The molecule has 6 nitrogen and oxygen atoms in total. The Bertz CT molecular complexity index is 1120. The van der Waals surface area contributed by atoms with Crippen molar-refractivity contribution in [2.45, 2.75) is 25.2 Å². The molecule has 28 heavy (non-hydrogen) atoms. The lowest BCUT2D eigenvalue weighted by atomic mass is 9.75. The summed E-state index contributed by atoms with van der Waals surface area (Å²) in [6, 6.07) is 13.7. The number of likely N-dealkylation sites (tertiary alicyclic amines) is 1. The molecule has 1 aromatic carbocycles. The highest BCUT2D eigenvalue weighted by Crippen LogP contribution is 2.46. The summed E-state index contributed by atoms with van der Waals surface area (Å²) < 4.78 is 1.93. The number of para-hydroxylation sites is 1. The highest BCUT2D eigenvalue weighted by Gasteiger charge is 2.52. The van der Waals surface area contributed by atoms with Crippen molar-refractivity contribution in [3.63, 3.8) is 0 Å². The second kappa shape index (κ2) is 5.92. The quantitative estimate of drug-likeness (QED) is 0.658. The van der Waals surface area contributed by atoms with E-state index in [0.29, 0.717) is 18.8 Å². The average Bonchev–Trinajstić information content (AvgIpc) is 3.17. The first-order valence-corrected chi connectivity index (χ1v) is 9.63. The Morgan fingerprint density at radius 2 is 1.93 bits per heavy atom. The van der Waals surface area contributed by atoms with Gasteiger partial charge in [-0.2, -0.15) is 0 Å². The Morgan fingerprint density at radius 1 is 1.14 bits per heavy atom. The van der Waals surface area contributed by atoms with E-state index in [1.54, 1.807) is 4.90 Å². The zero-order valence-corrected chi connectivity index (χ0v) is 16.1. The number of nitrogens with zero attached hydrogens (tertiary/aromatic N) is 4. The molecule has 6 heteroatoms. The summed E-state index contributed by atoms with van der Waals surface area (Å²) >= 11 is 0. The van der Waals surface area contributed by atoms with E-state index >= 15 is 0 Å². The number of pyridine rings is 1. The number of imidazole rings is 1. The molecule has 3 aromatic rings. The third kappa shape index (κ3) is 2.17. The van der Waals surface area contributed by atoms with Crippen LogP contribution in [-0.4, -0.2) is 46.2 Å². The molecule has 1 atom stereocenters. The fourth-order valence-corrected chi connectivity index (χ4v) is 4.81. The predicted molar refractivity (Wildman–Crippen MR) is 107 cm³/mol. The van der Waals surface area contributed by atoms with Crippen molar-refractivity contribution in [3.05, 3.63) is 65.6 Å². The molecule has 2 aliphatic heterocycles. The fraction of sp³-hybridized carbons (Fsp3) is 0.318. The second-order valence-corrected chi connectivity index (χ2v) is 7.77. The first-order valence-electron chi connectivity index (χ1n) is 9.63. The van der Waals surface area contributed by atoms with Gasteiger partial charge in [0.25, 0.3) is 5.91 Å². The molecular formula is C22H22N4O2. The summed E-state index contributed by atoms with van der Waals surface area (Å²) in [5, 5.41) is 0. The number of fused-ring (bicyclic) bond motifs is 3. The van der Waals surface area contributed by atoms with Crippen molar-refractivity contribution in [2.75, 3.05) is 25.0 Å². The third-order valence-corrected chi connectivity index (χ3v) is 6.25. The molecule has 1 fully saturated rings. The molecule has 1 unspecified atom stereocenters. The van der Waals surface area contributed by atoms with Crippen LogP contribution in [-0.2, 0) is 10.2 Å². The molecule has 0 saturated carbocycles. The van der Waals surface area contributed by atoms with Gasteiger partial charge in [-0.05, 0) is 43.5 Å². The van der Waals surface area contributed by atoms with Crippen molar-refractivity contribution in [2.24, 2.45) is 0 Å². The zero-order valence-electron chi connectivity index (χ0n) is 16.1. The molecule has 0 radical (unpaired) electrons. The number of hydrogen-bond donors (Lipinski definition) is 0. The molecule has 1 spiro atoms. The van der Waals surface area contributed by atoms with Crippen LogP contribution in [0.1, 0.15) is 34.6 Å². The van der Waals surface area contributed by atoms with Crippen LogP contribution in [0.4, 0.5) is 5.69 Å². The van der Waals surface area contributed by atoms with Crippen LogP contribution in [0.2, 0.25) is 0 Å². The van der Waals surface area contributed by atoms with E-state index in [-0.39, 0.29) is 11.8 Å². The van der Waals surface area contributed by atoms with E-state index in [0.717, 1.165) is 35.4 Å². The van der Waals surface area contributed by atoms with E-state index in [4.69, 9.17) is 0 Å². The van der Waals surface area contributed by atoms with Crippen LogP contribution < -0.4 is 4.90 Å². The van der Waals surface area contributed by atoms with Gasteiger partial charge in [0.15, 0.2) is 0 Å². The van der Waals surface area contributed by atoms with Crippen LogP contribution in [0.15, 0.2) is 48.7 Å². The van der Waals surface area contributed by atoms with Gasteiger partial charge in [0.1, 0.15) is 11.3 Å². The number of anilines is 1. The lowest BCUT2D eigenvalue weighted by molar-refractivity contribution is -0.124. The zero-order chi connectivity index (χ0) is 19.5. The van der Waals surface area contributed by atoms with Gasteiger partial charge in [-0.1, -0.05) is 24.3 Å². The SMILES string of the molecule is Cc1c(C(=O)N2CCCC3(C2)C(=O)N(C)c2ccccc23)nc2ccccn12. The van der Waals surface area contributed by atoms with Crippen LogP contribution in [0.25, 0.3) is 5.65 Å². The molecule has 2 aliphatic rings. The number of carbonyl (C=O) groups is 2. The van der Waals surface area contributed by atoms with Crippen molar-refractivity contribution < 1.29 is 9.59 Å². The van der Waals surface area contributed by atoms with E-state index in [1.165, 1.54) is 0 Å². The second-order valence-electron chi connectivity index (χ2n) is 7.77. The average molecular weight is 374 g/mol. The van der Waals surface area contributed by atoms with Crippen LogP contribution in [0, 0.1) is 6.92 Å². The topological polar surface area (TPSA) is 57.9 Å². The Morgan fingerprint density at radius 3 is 2.75 bits per heavy atom. The third-order valence-electron chi connectivity index (χ3n) is 6.25. The maximum atomic E-state index is 13.4. The Hall–Kier alpha value is -3.15. The number of amides is 2. The number of piperidine rings is 1. The predicted octanol–water partition coefficient (Wildman–Crippen LogP) is 2.79. The van der Waals surface area contributed by atoms with Gasteiger partial charge in [-0.15, -0.1) is 0 Å². The molecule has 0 bridgehead atoms. The summed E-state index contributed by atoms with van der Waals surface area (Å²) in [6.07, 6.45) is 3.48. The summed E-state index contributed by atoms with van der Waals surface area (Å²) in [4.78, 5) is 34.7. The Kier molecular flexibility index (Phi) is 3.59. The molecule has 1 saturated heterocycles. The molecule has 2 amide bonds. The van der Waals surface area contributed by atoms with E-state index in [1.807, 2.05) is 71.9 Å². The monoisotopic (exact) mass is 374 g/mol. The molecule has 0 aliphatic carbocycles. The van der Waals surface area contributed by atoms with Gasteiger partial charge < -0.3 is 14.2 Å². The number of likely N-dealkylation sites (N-methyl/N-ethyl adjacent to an activating group) is 1. The lowest BCUT2D eigenvalue weighted by Crippen LogP contribution is -2.53. The highest BCUT2D eigenvalue weighted by molar-refractivity contribution is 6.08. The first kappa shape index (κ1) is 17.0. The minimum Gasteiger partial charge on any atom is -0.336 e. The van der Waals surface area contributed by atoms with E-state index < -0.39 is 5.41 Å². The molecule has 2 aromatic heterocycles. The van der Waals surface area contributed by atoms with Gasteiger partial charge in [0.05, 0.1) is 11.1 Å². The maximum Gasteiger partial charge on any atom is 0.274 e. The number of hydrogen-bond acceptors (Lipinski definition) is 3. The lowest BCUT2D eigenvalue weighted by Gasteiger charge is -2.39. The van der Waals surface area contributed by atoms with Gasteiger partial charge in [-0.3, -0.25) is 9.59 Å². The minimum absolute atomic E-state index is 0.0814. The van der Waals surface area contributed by atoms with Crippen LogP contribution >= 0.6 is 0 Å². The van der Waals surface area contributed by atoms with Crippen molar-refractivity contribution in [1.29, 1.82) is 0 Å². The van der Waals surface area contributed by atoms with Crippen molar-refractivity contribution in [3.8, 4) is 0 Å². The largest absolute Gasteiger partial charge is 0.336 e. The number of aromatic nitrogens is 2. The van der Waals surface area contributed by atoms with Crippen molar-refractivity contribution >= 4 is 23.1 Å². The fourth-order valence-electron chi connectivity index (χ4n) is 4.81. The van der Waals surface area contributed by atoms with Gasteiger partial charge in [-0.25, -0.2) is 4.98 Å².